The van der Waals surface area contributed by atoms with E-state index >= 15 is 0 Å². The van der Waals surface area contributed by atoms with Crippen LogP contribution in [0.3, 0.4) is 0 Å². The van der Waals surface area contributed by atoms with Crippen molar-refractivity contribution in [3.63, 3.8) is 0 Å². The van der Waals surface area contributed by atoms with Crippen molar-refractivity contribution in [2.45, 2.75) is 20.1 Å². The first-order valence-electron chi connectivity index (χ1n) is 4.53. The van der Waals surface area contributed by atoms with E-state index in [9.17, 15) is 9.59 Å². The van der Waals surface area contributed by atoms with Crippen molar-refractivity contribution >= 4 is 21.6 Å². The molecule has 0 spiro atoms. The van der Waals surface area contributed by atoms with Gasteiger partial charge in [-0.2, -0.15) is 0 Å². The van der Waals surface area contributed by atoms with E-state index in [-0.39, 0.29) is 12.2 Å². The van der Waals surface area contributed by atoms with Crippen LogP contribution in [0.15, 0.2) is 15.7 Å². The highest BCUT2D eigenvalue weighted by Crippen LogP contribution is 2.19. The highest BCUT2D eigenvalue weighted by Gasteiger charge is 2.09. The van der Waals surface area contributed by atoms with Gasteiger partial charge in [0, 0.05) is 11.4 Å². The zero-order valence-electron chi connectivity index (χ0n) is 8.11. The summed E-state index contributed by atoms with van der Waals surface area (Å²) in [4.78, 5) is 26.5. The van der Waals surface area contributed by atoms with Gasteiger partial charge in [0.2, 0.25) is 0 Å². The maximum atomic E-state index is 11.8. The first-order chi connectivity index (χ1) is 7.17. The quantitative estimate of drug-likeness (QED) is 0.771. The largest absolute Gasteiger partial charge is 0.391 e. The Kier molecular flexibility index (Phi) is 2.45. The molecule has 0 aromatic carbocycles. The normalized spacial score (nSPS) is 11.1. The molecular weight excluding hydrogens is 216 g/mol. The molecule has 0 bridgehead atoms. The minimum atomic E-state index is -0.405. The molecule has 2 heterocycles. The summed E-state index contributed by atoms with van der Waals surface area (Å²) in [6.45, 7) is 1.96. The lowest BCUT2D eigenvalue weighted by Crippen LogP contribution is -2.33. The van der Waals surface area contributed by atoms with Gasteiger partial charge in [0.25, 0.3) is 5.56 Å². The van der Waals surface area contributed by atoms with Crippen LogP contribution in [0.4, 0.5) is 0 Å². The van der Waals surface area contributed by atoms with Gasteiger partial charge >= 0.3 is 5.69 Å². The van der Waals surface area contributed by atoms with Crippen molar-refractivity contribution in [2.75, 3.05) is 0 Å². The molecule has 0 fully saturated rings. The van der Waals surface area contributed by atoms with Gasteiger partial charge in [-0.15, -0.1) is 11.3 Å². The topological polar surface area (TPSA) is 75.1 Å². The van der Waals surface area contributed by atoms with Crippen molar-refractivity contribution in [3.8, 4) is 0 Å². The molecule has 15 heavy (non-hydrogen) atoms. The van der Waals surface area contributed by atoms with Crippen molar-refractivity contribution in [2.24, 2.45) is 0 Å². The van der Waals surface area contributed by atoms with Crippen LogP contribution < -0.4 is 11.2 Å². The number of aromatic nitrogens is 2. The highest BCUT2D eigenvalue weighted by atomic mass is 32.1. The van der Waals surface area contributed by atoms with Gasteiger partial charge < -0.3 is 10.1 Å². The van der Waals surface area contributed by atoms with Crippen LogP contribution in [0.5, 0.6) is 0 Å². The van der Waals surface area contributed by atoms with Gasteiger partial charge in [0.1, 0.15) is 4.70 Å². The molecule has 0 radical (unpaired) electrons. The molecule has 2 rings (SSSR count). The molecule has 6 heteroatoms. The van der Waals surface area contributed by atoms with Crippen LogP contribution in [0.1, 0.15) is 11.8 Å². The van der Waals surface area contributed by atoms with Crippen LogP contribution in [0.25, 0.3) is 10.2 Å². The van der Waals surface area contributed by atoms with E-state index in [0.29, 0.717) is 21.6 Å². The van der Waals surface area contributed by atoms with E-state index < -0.39 is 5.69 Å². The fraction of sp³-hybridized carbons (Fsp3) is 0.333. The summed E-state index contributed by atoms with van der Waals surface area (Å²) in [6, 6.07) is 1.63. The summed E-state index contributed by atoms with van der Waals surface area (Å²) in [5.74, 6) is 0. The molecule has 0 atom stereocenters. The number of aliphatic hydroxyl groups is 1. The van der Waals surface area contributed by atoms with Gasteiger partial charge in [0.05, 0.1) is 12.1 Å². The lowest BCUT2D eigenvalue weighted by atomic mass is 10.4. The van der Waals surface area contributed by atoms with E-state index in [0.717, 1.165) is 4.57 Å². The Hall–Kier alpha value is -1.40. The second-order valence-electron chi connectivity index (χ2n) is 3.09. The fourth-order valence-corrected chi connectivity index (χ4v) is 2.38. The molecule has 0 saturated carbocycles. The van der Waals surface area contributed by atoms with Crippen LogP contribution >= 0.6 is 11.3 Å². The van der Waals surface area contributed by atoms with E-state index in [2.05, 4.69) is 4.98 Å². The Labute approximate surface area is 88.6 Å². The minimum absolute atomic E-state index is 0.118. The first-order valence-corrected chi connectivity index (χ1v) is 5.35. The van der Waals surface area contributed by atoms with Crippen molar-refractivity contribution < 1.29 is 5.11 Å². The predicted octanol–water partition coefficient (Wildman–Crippen LogP) is 0.263. The lowest BCUT2D eigenvalue weighted by molar-refractivity contribution is 0.285. The second kappa shape index (κ2) is 3.63. The Morgan fingerprint density at radius 3 is 2.87 bits per heavy atom. The minimum Gasteiger partial charge on any atom is -0.391 e. The number of thiophene rings is 1. The van der Waals surface area contributed by atoms with Crippen LogP contribution in [0.2, 0.25) is 0 Å². The van der Waals surface area contributed by atoms with Crippen LogP contribution in [-0.2, 0) is 13.2 Å². The molecule has 0 aliphatic rings. The van der Waals surface area contributed by atoms with E-state index in [1.165, 1.54) is 11.3 Å². The fourth-order valence-electron chi connectivity index (χ4n) is 1.46. The third-order valence-electron chi connectivity index (χ3n) is 2.18. The zero-order valence-corrected chi connectivity index (χ0v) is 8.93. The average molecular weight is 226 g/mol. The molecule has 80 valence electrons. The maximum Gasteiger partial charge on any atom is 0.328 e. The predicted molar refractivity (Wildman–Crippen MR) is 58.3 cm³/mol. The molecule has 2 aromatic rings. The highest BCUT2D eigenvalue weighted by molar-refractivity contribution is 7.18. The number of fused-ring (bicyclic) bond motifs is 1. The summed E-state index contributed by atoms with van der Waals surface area (Å²) in [5, 5.41) is 8.93. The van der Waals surface area contributed by atoms with Gasteiger partial charge in [-0.05, 0) is 13.0 Å². The number of hydrogen-bond acceptors (Lipinski definition) is 4. The summed E-state index contributed by atoms with van der Waals surface area (Å²) in [6.07, 6.45) is 0. The number of H-pyrrole nitrogens is 1. The summed E-state index contributed by atoms with van der Waals surface area (Å²) < 4.78 is 1.63. The molecule has 0 amide bonds. The molecular formula is C9H10N2O3S. The van der Waals surface area contributed by atoms with Gasteiger partial charge in [-0.25, -0.2) is 4.79 Å². The number of rotatable bonds is 2. The summed E-state index contributed by atoms with van der Waals surface area (Å²) >= 11 is 1.21. The number of aromatic amines is 1. The number of nitrogens with one attached hydrogen (secondary N) is 1. The van der Waals surface area contributed by atoms with Crippen molar-refractivity contribution in [1.82, 2.24) is 9.55 Å². The molecule has 5 nitrogen and oxygen atoms in total. The van der Waals surface area contributed by atoms with Crippen molar-refractivity contribution in [1.29, 1.82) is 0 Å². The van der Waals surface area contributed by atoms with Crippen molar-refractivity contribution in [3.05, 3.63) is 31.8 Å². The molecule has 0 unspecified atom stereocenters. The number of hydrogen-bond donors (Lipinski definition) is 2. The van der Waals surface area contributed by atoms with E-state index in [1.807, 2.05) is 0 Å². The standard InChI is InChI=1S/C9H10N2O3S/c1-2-11-8(13)7-6(10-9(11)14)3-5(4-12)15-7/h3,12H,2,4H2,1H3,(H,10,14). The molecule has 0 aliphatic carbocycles. The van der Waals surface area contributed by atoms with Crippen LogP contribution in [-0.4, -0.2) is 14.7 Å². The number of nitrogens with zero attached hydrogens (tertiary/aromatic N) is 1. The Morgan fingerprint density at radius 1 is 1.53 bits per heavy atom. The van der Waals surface area contributed by atoms with E-state index in [4.69, 9.17) is 5.11 Å². The SMILES string of the molecule is CCn1c(=O)[nH]c2cc(CO)sc2c1=O. The Balaban J connectivity index is 2.89. The number of aliphatic hydroxyl groups excluding tert-OH is 1. The third-order valence-corrected chi connectivity index (χ3v) is 3.29. The molecule has 0 saturated heterocycles. The zero-order chi connectivity index (χ0) is 11.0. The monoisotopic (exact) mass is 226 g/mol. The maximum absolute atomic E-state index is 11.8. The molecule has 0 aliphatic heterocycles. The Morgan fingerprint density at radius 2 is 2.27 bits per heavy atom. The smallest absolute Gasteiger partial charge is 0.328 e. The molecule has 2 N–H and O–H groups in total. The average Bonchev–Trinajstić information content (AvgIpc) is 2.61. The first kappa shape index (κ1) is 10.1. The van der Waals surface area contributed by atoms with Crippen LogP contribution in [0, 0.1) is 0 Å². The Bertz CT molecular complexity index is 608. The summed E-state index contributed by atoms with van der Waals surface area (Å²) in [7, 11) is 0. The second-order valence-corrected chi connectivity index (χ2v) is 4.23. The summed E-state index contributed by atoms with van der Waals surface area (Å²) in [5.41, 5.74) is -0.193. The molecule has 2 aromatic heterocycles. The van der Waals surface area contributed by atoms with Gasteiger partial charge in [0.15, 0.2) is 0 Å². The van der Waals surface area contributed by atoms with Gasteiger partial charge in [-0.1, -0.05) is 0 Å². The van der Waals surface area contributed by atoms with E-state index in [1.54, 1.807) is 13.0 Å². The van der Waals surface area contributed by atoms with Gasteiger partial charge in [-0.3, -0.25) is 9.36 Å². The third kappa shape index (κ3) is 1.51. The lowest BCUT2D eigenvalue weighted by Gasteiger charge is -1.98.